The van der Waals surface area contributed by atoms with Crippen LogP contribution in [0, 0.1) is 25.5 Å². The van der Waals surface area contributed by atoms with Crippen LogP contribution in [0.5, 0.6) is 0 Å². The topological polar surface area (TPSA) is 46.2 Å². The Bertz CT molecular complexity index is 784. The number of halogens is 3. The summed E-state index contributed by atoms with van der Waals surface area (Å²) in [7, 11) is -4.16. The molecule has 0 unspecified atom stereocenters. The predicted octanol–water partition coefficient (Wildman–Crippen LogP) is 4.14. The summed E-state index contributed by atoms with van der Waals surface area (Å²) in [6.45, 7) is 3.73. The van der Waals surface area contributed by atoms with Crippen molar-refractivity contribution in [3.8, 4) is 0 Å². The number of hydrogen-bond donors (Lipinski definition) is 1. The maximum atomic E-state index is 13.8. The fourth-order valence-electron chi connectivity index (χ4n) is 1.80. The van der Waals surface area contributed by atoms with Gasteiger partial charge in [-0.05, 0) is 59.1 Å². The van der Waals surface area contributed by atoms with Gasteiger partial charge in [-0.15, -0.1) is 0 Å². The molecule has 0 saturated carbocycles. The van der Waals surface area contributed by atoms with Crippen molar-refractivity contribution in [2.75, 3.05) is 4.72 Å². The summed E-state index contributed by atoms with van der Waals surface area (Å²) in [5, 5.41) is 0. The summed E-state index contributed by atoms with van der Waals surface area (Å²) >= 11 is 2.87. The normalized spacial score (nSPS) is 11.5. The van der Waals surface area contributed by atoms with Gasteiger partial charge >= 0.3 is 0 Å². The molecule has 2 aromatic carbocycles. The van der Waals surface area contributed by atoms with Gasteiger partial charge in [0, 0.05) is 16.2 Å². The highest BCUT2D eigenvalue weighted by molar-refractivity contribution is 9.10. The molecule has 0 aliphatic heterocycles. The van der Waals surface area contributed by atoms with E-state index in [4.69, 9.17) is 0 Å². The third-order valence-electron chi connectivity index (χ3n) is 2.99. The Hall–Kier alpha value is -1.47. The van der Waals surface area contributed by atoms with E-state index >= 15 is 0 Å². The van der Waals surface area contributed by atoms with Gasteiger partial charge in [0.15, 0.2) is 0 Å². The Balaban J connectivity index is 2.46. The molecule has 7 heteroatoms. The number of nitrogens with one attached hydrogen (secondary N) is 1. The van der Waals surface area contributed by atoms with Crippen LogP contribution in [0.15, 0.2) is 39.7 Å². The first-order chi connectivity index (χ1) is 9.70. The van der Waals surface area contributed by atoms with Crippen molar-refractivity contribution in [1.82, 2.24) is 0 Å². The van der Waals surface area contributed by atoms with Gasteiger partial charge in [-0.25, -0.2) is 17.2 Å². The van der Waals surface area contributed by atoms with Crippen molar-refractivity contribution in [2.24, 2.45) is 0 Å². The summed E-state index contributed by atoms with van der Waals surface area (Å²) in [4.78, 5) is -0.623. The SMILES string of the molecule is Cc1ccc(NS(=O)(=O)c2c(F)cc(F)cc2Br)cc1C. The van der Waals surface area contributed by atoms with Crippen molar-refractivity contribution in [3.05, 3.63) is 57.6 Å². The van der Waals surface area contributed by atoms with E-state index in [0.717, 1.165) is 17.2 Å². The fraction of sp³-hybridized carbons (Fsp3) is 0.143. The zero-order valence-electron chi connectivity index (χ0n) is 11.2. The van der Waals surface area contributed by atoms with Crippen molar-refractivity contribution in [1.29, 1.82) is 0 Å². The Labute approximate surface area is 130 Å². The molecule has 0 aliphatic rings. The van der Waals surface area contributed by atoms with Crippen LogP contribution in [-0.2, 0) is 10.0 Å². The number of sulfonamides is 1. The maximum Gasteiger partial charge on any atom is 0.265 e. The zero-order chi connectivity index (χ0) is 15.8. The van der Waals surface area contributed by atoms with Crippen LogP contribution in [0.3, 0.4) is 0 Å². The van der Waals surface area contributed by atoms with Gasteiger partial charge in [0.1, 0.15) is 16.5 Å². The molecule has 0 saturated heterocycles. The van der Waals surface area contributed by atoms with Gasteiger partial charge in [0.2, 0.25) is 0 Å². The van der Waals surface area contributed by atoms with Gasteiger partial charge < -0.3 is 0 Å². The first-order valence-corrected chi connectivity index (χ1v) is 8.23. The lowest BCUT2D eigenvalue weighted by molar-refractivity contribution is 0.548. The molecule has 0 heterocycles. The lowest BCUT2D eigenvalue weighted by atomic mass is 10.1. The molecule has 3 nitrogen and oxygen atoms in total. The molecule has 1 N–H and O–H groups in total. The molecular weight excluding hydrogens is 364 g/mol. The molecule has 2 aromatic rings. The number of rotatable bonds is 3. The van der Waals surface area contributed by atoms with Crippen LogP contribution < -0.4 is 4.72 Å². The Morgan fingerprint density at radius 2 is 1.71 bits per heavy atom. The molecule has 0 amide bonds. The quantitative estimate of drug-likeness (QED) is 0.875. The van der Waals surface area contributed by atoms with Gasteiger partial charge in [0.05, 0.1) is 0 Å². The van der Waals surface area contributed by atoms with Crippen LogP contribution in [0.4, 0.5) is 14.5 Å². The first-order valence-electron chi connectivity index (χ1n) is 5.95. The minimum Gasteiger partial charge on any atom is -0.280 e. The molecule has 0 radical (unpaired) electrons. The smallest absolute Gasteiger partial charge is 0.265 e. The first kappa shape index (κ1) is 15.9. The Morgan fingerprint density at radius 1 is 1.05 bits per heavy atom. The minimum absolute atomic E-state index is 0.170. The van der Waals surface area contributed by atoms with E-state index in [1.165, 1.54) is 0 Å². The van der Waals surface area contributed by atoms with Crippen LogP contribution in [-0.4, -0.2) is 8.42 Å². The van der Waals surface area contributed by atoms with E-state index in [9.17, 15) is 17.2 Å². The standard InChI is InChI=1S/C14H12BrF2NO2S/c1-8-3-4-11(5-9(8)2)18-21(19,20)14-12(15)6-10(16)7-13(14)17/h3-7,18H,1-2H3. The third-order valence-corrected chi connectivity index (χ3v) is 5.34. The summed E-state index contributed by atoms with van der Waals surface area (Å²) in [5.74, 6) is -2.01. The largest absolute Gasteiger partial charge is 0.280 e. The number of benzene rings is 2. The highest BCUT2D eigenvalue weighted by atomic mass is 79.9. The maximum absolute atomic E-state index is 13.8. The van der Waals surface area contributed by atoms with Crippen molar-refractivity contribution in [2.45, 2.75) is 18.7 Å². The zero-order valence-corrected chi connectivity index (χ0v) is 13.6. The molecule has 0 aliphatic carbocycles. The van der Waals surface area contributed by atoms with Gasteiger partial charge in [0.25, 0.3) is 10.0 Å². The van der Waals surface area contributed by atoms with Gasteiger partial charge in [-0.3, -0.25) is 4.72 Å². The number of anilines is 1. The minimum atomic E-state index is -4.16. The lowest BCUT2D eigenvalue weighted by Gasteiger charge is -2.12. The monoisotopic (exact) mass is 375 g/mol. The van der Waals surface area contributed by atoms with Crippen LogP contribution in [0.1, 0.15) is 11.1 Å². The van der Waals surface area contributed by atoms with Crippen molar-refractivity contribution < 1.29 is 17.2 Å². The molecule has 21 heavy (non-hydrogen) atoms. The molecular formula is C14H12BrF2NO2S. The van der Waals surface area contributed by atoms with Gasteiger partial charge in [-0.2, -0.15) is 0 Å². The molecule has 112 valence electrons. The number of hydrogen-bond acceptors (Lipinski definition) is 2. The van der Waals surface area contributed by atoms with Gasteiger partial charge in [-0.1, -0.05) is 6.07 Å². The third kappa shape index (κ3) is 3.41. The van der Waals surface area contributed by atoms with E-state index in [-0.39, 0.29) is 4.47 Å². The second-order valence-electron chi connectivity index (χ2n) is 4.60. The summed E-state index contributed by atoms with van der Waals surface area (Å²) in [6, 6.07) is 6.40. The Kier molecular flexibility index (Phi) is 4.34. The average molecular weight is 376 g/mol. The van der Waals surface area contributed by atoms with E-state index in [2.05, 4.69) is 20.7 Å². The molecule has 2 rings (SSSR count). The Morgan fingerprint density at radius 3 is 2.29 bits per heavy atom. The summed E-state index contributed by atoms with van der Waals surface area (Å²) in [5.41, 5.74) is 2.22. The average Bonchev–Trinajstić information content (AvgIpc) is 2.31. The van der Waals surface area contributed by atoms with Crippen molar-refractivity contribution in [3.63, 3.8) is 0 Å². The van der Waals surface area contributed by atoms with Crippen LogP contribution >= 0.6 is 15.9 Å². The van der Waals surface area contributed by atoms with E-state index in [0.29, 0.717) is 11.8 Å². The number of aryl methyl sites for hydroxylation is 2. The van der Waals surface area contributed by atoms with E-state index in [1.54, 1.807) is 18.2 Å². The van der Waals surface area contributed by atoms with Crippen molar-refractivity contribution >= 4 is 31.6 Å². The lowest BCUT2D eigenvalue weighted by Crippen LogP contribution is -2.15. The van der Waals surface area contributed by atoms with Crippen LogP contribution in [0.25, 0.3) is 0 Å². The summed E-state index contributed by atoms with van der Waals surface area (Å²) < 4.78 is 53.4. The highest BCUT2D eigenvalue weighted by Crippen LogP contribution is 2.28. The van der Waals surface area contributed by atoms with Crippen LogP contribution in [0.2, 0.25) is 0 Å². The molecule has 0 spiro atoms. The highest BCUT2D eigenvalue weighted by Gasteiger charge is 2.23. The molecule has 0 bridgehead atoms. The molecule has 0 aromatic heterocycles. The molecule has 0 fully saturated rings. The fourth-order valence-corrected chi connectivity index (χ4v) is 4.01. The predicted molar refractivity (Wildman–Crippen MR) is 80.8 cm³/mol. The molecule has 0 atom stereocenters. The second-order valence-corrected chi connectivity index (χ2v) is 7.08. The summed E-state index contributed by atoms with van der Waals surface area (Å²) in [6.07, 6.45) is 0. The van der Waals surface area contributed by atoms with E-state index < -0.39 is 26.6 Å². The van der Waals surface area contributed by atoms with E-state index in [1.807, 2.05) is 13.8 Å². The second kappa shape index (κ2) is 5.73.